The van der Waals surface area contributed by atoms with Gasteiger partial charge in [0.1, 0.15) is 5.75 Å². The van der Waals surface area contributed by atoms with Gasteiger partial charge >= 0.3 is 0 Å². The molecule has 0 radical (unpaired) electrons. The van der Waals surface area contributed by atoms with E-state index in [4.69, 9.17) is 4.74 Å². The summed E-state index contributed by atoms with van der Waals surface area (Å²) in [6.45, 7) is 2.97. The fraction of sp³-hybridized carbons (Fsp3) is 0.320. The Morgan fingerprint density at radius 3 is 2.61 bits per heavy atom. The number of hydrogen-bond acceptors (Lipinski definition) is 4. The Hall–Kier alpha value is -2.86. The molecule has 31 heavy (non-hydrogen) atoms. The third-order valence-electron chi connectivity index (χ3n) is 5.68. The first-order valence-corrected chi connectivity index (χ1v) is 12.5. The molecule has 0 bridgehead atoms. The van der Waals surface area contributed by atoms with Crippen molar-refractivity contribution in [1.82, 2.24) is 4.90 Å². The Morgan fingerprint density at radius 2 is 1.84 bits per heavy atom. The molecule has 0 aliphatic carbocycles. The number of ether oxygens (including phenoxy) is 1. The van der Waals surface area contributed by atoms with E-state index in [1.54, 1.807) is 23.1 Å². The van der Waals surface area contributed by atoms with Crippen LogP contribution in [0, 0.1) is 0 Å². The van der Waals surface area contributed by atoms with E-state index in [-0.39, 0.29) is 23.5 Å². The van der Waals surface area contributed by atoms with Crippen LogP contribution >= 0.6 is 0 Å². The second-order valence-corrected chi connectivity index (χ2v) is 10.2. The molecular formula is C25H27NO4S. The molecule has 3 aromatic carbocycles. The van der Waals surface area contributed by atoms with Crippen molar-refractivity contribution in [3.63, 3.8) is 0 Å². The van der Waals surface area contributed by atoms with Gasteiger partial charge in [0.2, 0.25) is 0 Å². The van der Waals surface area contributed by atoms with Crippen molar-refractivity contribution in [1.29, 1.82) is 0 Å². The van der Waals surface area contributed by atoms with Gasteiger partial charge in [0.15, 0.2) is 9.84 Å². The summed E-state index contributed by atoms with van der Waals surface area (Å²) in [6.07, 6.45) is 1.34. The van der Waals surface area contributed by atoms with Gasteiger partial charge in [0, 0.05) is 18.2 Å². The number of amides is 1. The van der Waals surface area contributed by atoms with Gasteiger partial charge in [-0.1, -0.05) is 55.5 Å². The summed E-state index contributed by atoms with van der Waals surface area (Å²) < 4.78 is 30.1. The smallest absolute Gasteiger partial charge is 0.254 e. The lowest BCUT2D eigenvalue weighted by Crippen LogP contribution is -2.40. The summed E-state index contributed by atoms with van der Waals surface area (Å²) in [5.74, 6) is 0.612. The Morgan fingerprint density at radius 1 is 1.06 bits per heavy atom. The van der Waals surface area contributed by atoms with E-state index in [2.05, 4.69) is 0 Å². The number of hydrogen-bond donors (Lipinski definition) is 0. The molecule has 1 heterocycles. The average Bonchev–Trinajstić information content (AvgIpc) is 3.15. The van der Waals surface area contributed by atoms with Crippen molar-refractivity contribution < 1.29 is 17.9 Å². The molecule has 1 amide bonds. The quantitative estimate of drug-likeness (QED) is 0.548. The van der Waals surface area contributed by atoms with Crippen molar-refractivity contribution in [2.75, 3.05) is 18.1 Å². The van der Waals surface area contributed by atoms with Crippen molar-refractivity contribution >= 4 is 26.5 Å². The zero-order chi connectivity index (χ0) is 21.8. The molecule has 4 rings (SSSR count). The molecule has 1 aliphatic rings. The lowest BCUT2D eigenvalue weighted by Gasteiger charge is -2.29. The largest absolute Gasteiger partial charge is 0.494 e. The molecule has 1 atom stereocenters. The van der Waals surface area contributed by atoms with Gasteiger partial charge in [0.25, 0.3) is 5.91 Å². The summed E-state index contributed by atoms with van der Waals surface area (Å²) in [6, 6.07) is 20.9. The van der Waals surface area contributed by atoms with E-state index in [1.807, 2.05) is 55.5 Å². The van der Waals surface area contributed by atoms with Gasteiger partial charge in [-0.25, -0.2) is 8.42 Å². The Balaban J connectivity index is 1.69. The molecule has 1 fully saturated rings. The SMILES string of the molecule is CCCOc1cccc(C(=O)N(Cc2cccc3ccccc23)C2CCS(=O)(=O)C2)c1. The number of fused-ring (bicyclic) bond motifs is 1. The monoisotopic (exact) mass is 437 g/mol. The standard InChI is InChI=1S/C25H27NO4S/c1-2-14-30-23-11-6-9-20(16-23)25(27)26(22-13-15-31(28,29)18-22)17-21-10-5-8-19-7-3-4-12-24(19)21/h3-12,16,22H,2,13-15,17-18H2,1H3. The summed E-state index contributed by atoms with van der Waals surface area (Å²) in [5, 5.41) is 2.17. The van der Waals surface area contributed by atoms with Crippen LogP contribution in [0.1, 0.15) is 35.7 Å². The van der Waals surface area contributed by atoms with Gasteiger partial charge in [-0.3, -0.25) is 4.79 Å². The minimum Gasteiger partial charge on any atom is -0.494 e. The zero-order valence-electron chi connectivity index (χ0n) is 17.7. The van der Waals surface area contributed by atoms with E-state index in [0.29, 0.717) is 30.9 Å². The predicted molar refractivity (Wildman–Crippen MR) is 123 cm³/mol. The molecule has 0 saturated carbocycles. The topological polar surface area (TPSA) is 63.7 Å². The Bertz CT molecular complexity index is 1180. The van der Waals surface area contributed by atoms with Gasteiger partial charge in [-0.05, 0) is 47.4 Å². The van der Waals surface area contributed by atoms with Crippen LogP contribution in [-0.4, -0.2) is 43.4 Å². The summed E-state index contributed by atoms with van der Waals surface area (Å²) >= 11 is 0. The van der Waals surface area contributed by atoms with Gasteiger partial charge < -0.3 is 9.64 Å². The first-order valence-electron chi connectivity index (χ1n) is 10.7. The predicted octanol–water partition coefficient (Wildman–Crippen LogP) is 4.46. The second kappa shape index (κ2) is 9.10. The highest BCUT2D eigenvalue weighted by atomic mass is 32.2. The first kappa shape index (κ1) is 21.4. The Kier molecular flexibility index (Phi) is 6.28. The van der Waals surface area contributed by atoms with Crippen molar-refractivity contribution in [3.05, 3.63) is 77.9 Å². The summed E-state index contributed by atoms with van der Waals surface area (Å²) in [5.41, 5.74) is 1.52. The van der Waals surface area contributed by atoms with Crippen molar-refractivity contribution in [2.24, 2.45) is 0 Å². The molecule has 0 spiro atoms. The maximum atomic E-state index is 13.6. The number of carbonyl (C=O) groups is 1. The molecule has 1 unspecified atom stereocenters. The second-order valence-electron chi connectivity index (χ2n) is 8.00. The fourth-order valence-electron chi connectivity index (χ4n) is 4.11. The lowest BCUT2D eigenvalue weighted by molar-refractivity contribution is 0.0681. The molecule has 0 aromatic heterocycles. The van der Waals surface area contributed by atoms with E-state index in [9.17, 15) is 13.2 Å². The summed E-state index contributed by atoms with van der Waals surface area (Å²) in [7, 11) is -3.13. The minimum atomic E-state index is -3.13. The molecule has 0 N–H and O–H groups in total. The molecule has 5 nitrogen and oxygen atoms in total. The number of rotatable bonds is 7. The van der Waals surface area contributed by atoms with E-state index >= 15 is 0 Å². The van der Waals surface area contributed by atoms with Crippen LogP contribution in [0.5, 0.6) is 5.75 Å². The van der Waals surface area contributed by atoms with Gasteiger partial charge in [-0.2, -0.15) is 0 Å². The van der Waals surface area contributed by atoms with Gasteiger partial charge in [0.05, 0.1) is 18.1 Å². The van der Waals surface area contributed by atoms with Crippen molar-refractivity contribution in [2.45, 2.75) is 32.4 Å². The minimum absolute atomic E-state index is 0.00946. The highest BCUT2D eigenvalue weighted by Gasteiger charge is 2.35. The van der Waals surface area contributed by atoms with E-state index in [0.717, 1.165) is 22.8 Å². The van der Waals surface area contributed by atoms with Gasteiger partial charge in [-0.15, -0.1) is 0 Å². The van der Waals surface area contributed by atoms with Crippen LogP contribution in [0.15, 0.2) is 66.7 Å². The fourth-order valence-corrected chi connectivity index (χ4v) is 5.84. The maximum Gasteiger partial charge on any atom is 0.254 e. The maximum absolute atomic E-state index is 13.6. The first-order chi connectivity index (χ1) is 15.0. The highest BCUT2D eigenvalue weighted by molar-refractivity contribution is 7.91. The van der Waals surface area contributed by atoms with Crippen molar-refractivity contribution in [3.8, 4) is 5.75 Å². The third kappa shape index (κ3) is 4.90. The normalized spacial score (nSPS) is 17.5. The molecular weight excluding hydrogens is 410 g/mol. The third-order valence-corrected chi connectivity index (χ3v) is 7.43. The van der Waals surface area contributed by atoms with Crippen LogP contribution in [0.3, 0.4) is 0 Å². The van der Waals surface area contributed by atoms with Crippen LogP contribution in [0.2, 0.25) is 0 Å². The number of sulfone groups is 1. The van der Waals surface area contributed by atoms with Crippen LogP contribution in [-0.2, 0) is 16.4 Å². The molecule has 6 heteroatoms. The molecule has 1 aliphatic heterocycles. The zero-order valence-corrected chi connectivity index (χ0v) is 18.5. The van der Waals surface area contributed by atoms with Crippen LogP contribution < -0.4 is 4.74 Å². The summed E-state index contributed by atoms with van der Waals surface area (Å²) in [4.78, 5) is 15.3. The van der Waals surface area contributed by atoms with Crippen LogP contribution in [0.25, 0.3) is 10.8 Å². The Labute approximate surface area is 183 Å². The highest BCUT2D eigenvalue weighted by Crippen LogP contribution is 2.26. The van der Waals surface area contributed by atoms with E-state index < -0.39 is 9.84 Å². The number of benzene rings is 3. The molecule has 3 aromatic rings. The number of carbonyl (C=O) groups excluding carboxylic acids is 1. The average molecular weight is 438 g/mol. The van der Waals surface area contributed by atoms with E-state index in [1.165, 1.54) is 0 Å². The number of nitrogens with zero attached hydrogens (tertiary/aromatic N) is 1. The molecule has 162 valence electrons. The lowest BCUT2D eigenvalue weighted by atomic mass is 10.0. The van der Waals surface area contributed by atoms with Crippen LogP contribution in [0.4, 0.5) is 0 Å². The molecule has 1 saturated heterocycles.